The van der Waals surface area contributed by atoms with Gasteiger partial charge in [-0.15, -0.1) is 11.8 Å². The van der Waals surface area contributed by atoms with Crippen LogP contribution in [0, 0.1) is 5.92 Å². The Bertz CT molecular complexity index is 515. The van der Waals surface area contributed by atoms with E-state index >= 15 is 0 Å². The third kappa shape index (κ3) is 3.79. The zero-order valence-corrected chi connectivity index (χ0v) is 13.2. The number of Topliss-reactive ketones (excluding diaryl/α,β-unsaturated/α-hetero) is 1. The van der Waals surface area contributed by atoms with Crippen LogP contribution in [0.2, 0.25) is 0 Å². The molecule has 0 amide bonds. The van der Waals surface area contributed by atoms with Crippen LogP contribution in [0.5, 0.6) is 5.75 Å². The summed E-state index contributed by atoms with van der Waals surface area (Å²) in [5.74, 6) is -0.0922. The lowest BCUT2D eigenvalue weighted by atomic mass is 9.94. The van der Waals surface area contributed by atoms with E-state index in [0.29, 0.717) is 17.9 Å². The Labute approximate surface area is 129 Å². The summed E-state index contributed by atoms with van der Waals surface area (Å²) in [7, 11) is 1.32. The van der Waals surface area contributed by atoms with E-state index in [-0.39, 0.29) is 5.78 Å². The molecule has 0 radical (unpaired) electrons. The van der Waals surface area contributed by atoms with E-state index in [9.17, 15) is 9.59 Å². The maximum absolute atomic E-state index is 12.6. The van der Waals surface area contributed by atoms with Crippen LogP contribution >= 0.6 is 11.8 Å². The summed E-state index contributed by atoms with van der Waals surface area (Å²) in [4.78, 5) is 25.4. The molecule has 0 fully saturated rings. The molecular weight excluding hydrogens is 288 g/mol. The lowest BCUT2D eigenvalue weighted by molar-refractivity contribution is -0.151. The van der Waals surface area contributed by atoms with Gasteiger partial charge in [-0.05, 0) is 18.6 Å². The summed E-state index contributed by atoms with van der Waals surface area (Å²) in [6.07, 6.45) is 1.70. The van der Waals surface area contributed by atoms with Crippen molar-refractivity contribution in [3.05, 3.63) is 24.3 Å². The maximum Gasteiger partial charge on any atom is 0.316 e. The quantitative estimate of drug-likeness (QED) is 0.597. The van der Waals surface area contributed by atoms with E-state index in [0.717, 1.165) is 17.7 Å². The average molecular weight is 308 g/mol. The van der Waals surface area contributed by atoms with Crippen molar-refractivity contribution in [3.63, 3.8) is 0 Å². The van der Waals surface area contributed by atoms with Crippen molar-refractivity contribution in [2.24, 2.45) is 5.92 Å². The van der Waals surface area contributed by atoms with Crippen molar-refractivity contribution in [2.75, 3.05) is 12.9 Å². The Morgan fingerprint density at radius 1 is 1.43 bits per heavy atom. The first-order valence-corrected chi connectivity index (χ1v) is 8.16. The molecule has 4 nitrogen and oxygen atoms in total. The van der Waals surface area contributed by atoms with Gasteiger partial charge in [-0.2, -0.15) is 0 Å². The van der Waals surface area contributed by atoms with Crippen LogP contribution in [0.1, 0.15) is 26.2 Å². The first-order valence-electron chi connectivity index (χ1n) is 7.17. The molecule has 2 unspecified atom stereocenters. The van der Waals surface area contributed by atoms with Crippen LogP contribution in [-0.2, 0) is 14.3 Å². The number of methoxy groups -OCH3 is 1. The second-order valence-electron chi connectivity index (χ2n) is 4.98. The molecule has 0 spiro atoms. The van der Waals surface area contributed by atoms with Crippen LogP contribution < -0.4 is 4.74 Å². The Hall–Kier alpha value is -1.49. The van der Waals surface area contributed by atoms with Crippen molar-refractivity contribution in [1.29, 1.82) is 0 Å². The number of ether oxygens (including phenoxy) is 2. The highest BCUT2D eigenvalue weighted by Gasteiger charge is 2.36. The molecule has 0 aliphatic carbocycles. The maximum atomic E-state index is 12.6. The predicted molar refractivity (Wildman–Crippen MR) is 81.6 cm³/mol. The van der Waals surface area contributed by atoms with Gasteiger partial charge in [-0.3, -0.25) is 9.59 Å². The molecule has 2 atom stereocenters. The topological polar surface area (TPSA) is 52.6 Å². The van der Waals surface area contributed by atoms with Gasteiger partial charge in [0, 0.05) is 10.6 Å². The molecule has 1 heterocycles. The molecule has 0 saturated carbocycles. The predicted octanol–water partition coefficient (Wildman–Crippen LogP) is 3.09. The zero-order valence-electron chi connectivity index (χ0n) is 12.3. The Morgan fingerprint density at radius 2 is 2.19 bits per heavy atom. The molecule has 1 aliphatic rings. The number of esters is 1. The summed E-state index contributed by atoms with van der Waals surface area (Å²) in [5.41, 5.74) is 0. The highest BCUT2D eigenvalue weighted by Crippen LogP contribution is 2.36. The summed E-state index contributed by atoms with van der Waals surface area (Å²) in [5, 5.41) is 0. The number of ketones is 1. The molecule has 114 valence electrons. The smallest absolute Gasteiger partial charge is 0.316 e. The molecule has 5 heteroatoms. The number of rotatable bonds is 6. The number of fused-ring (bicyclic) bond motifs is 1. The van der Waals surface area contributed by atoms with Gasteiger partial charge in [0.15, 0.2) is 11.9 Å². The molecule has 1 aliphatic heterocycles. The molecule has 0 bridgehead atoms. The lowest BCUT2D eigenvalue weighted by Crippen LogP contribution is -2.40. The van der Waals surface area contributed by atoms with Gasteiger partial charge in [0.2, 0.25) is 0 Å². The number of thioether (sulfide) groups is 1. The van der Waals surface area contributed by atoms with Gasteiger partial charge in [-0.25, -0.2) is 0 Å². The molecular formula is C16H20O4S. The SMILES string of the molecule is CCCCC(C(=O)OC)C(=O)C1CSc2ccccc2O1. The highest BCUT2D eigenvalue weighted by atomic mass is 32.2. The normalized spacial score (nSPS) is 18.3. The second-order valence-corrected chi connectivity index (χ2v) is 6.05. The summed E-state index contributed by atoms with van der Waals surface area (Å²) in [6, 6.07) is 7.63. The van der Waals surface area contributed by atoms with Crippen molar-refractivity contribution >= 4 is 23.5 Å². The summed E-state index contributed by atoms with van der Waals surface area (Å²) in [6.45, 7) is 2.03. The Kier molecular flexibility index (Phi) is 5.67. The van der Waals surface area contributed by atoms with Crippen LogP contribution in [0.3, 0.4) is 0 Å². The van der Waals surface area contributed by atoms with E-state index in [1.54, 1.807) is 11.8 Å². The number of unbranched alkanes of at least 4 members (excludes halogenated alkanes) is 1. The first kappa shape index (κ1) is 15.9. The van der Waals surface area contributed by atoms with Crippen molar-refractivity contribution in [2.45, 2.75) is 37.2 Å². The number of carbonyl (C=O) groups is 2. The second kappa shape index (κ2) is 7.50. The fourth-order valence-corrected chi connectivity index (χ4v) is 3.31. The van der Waals surface area contributed by atoms with Crippen molar-refractivity contribution < 1.29 is 19.1 Å². The fraction of sp³-hybridized carbons (Fsp3) is 0.500. The van der Waals surface area contributed by atoms with Gasteiger partial charge in [0.25, 0.3) is 0 Å². The van der Waals surface area contributed by atoms with E-state index in [2.05, 4.69) is 0 Å². The van der Waals surface area contributed by atoms with Gasteiger partial charge < -0.3 is 9.47 Å². The summed E-state index contributed by atoms with van der Waals surface area (Å²) >= 11 is 1.59. The fourth-order valence-electron chi connectivity index (χ4n) is 2.31. The highest BCUT2D eigenvalue weighted by molar-refractivity contribution is 7.99. The largest absolute Gasteiger partial charge is 0.481 e. The monoisotopic (exact) mass is 308 g/mol. The van der Waals surface area contributed by atoms with E-state index in [1.807, 2.05) is 31.2 Å². The molecule has 2 rings (SSSR count). The van der Waals surface area contributed by atoms with Crippen LogP contribution in [0.4, 0.5) is 0 Å². The van der Waals surface area contributed by atoms with Crippen molar-refractivity contribution in [1.82, 2.24) is 0 Å². The Balaban J connectivity index is 2.09. The number of hydrogen-bond donors (Lipinski definition) is 0. The van der Waals surface area contributed by atoms with E-state index in [1.165, 1.54) is 7.11 Å². The minimum absolute atomic E-state index is 0.169. The number of hydrogen-bond acceptors (Lipinski definition) is 5. The van der Waals surface area contributed by atoms with Gasteiger partial charge in [-0.1, -0.05) is 31.9 Å². The van der Waals surface area contributed by atoms with Crippen LogP contribution in [-0.4, -0.2) is 30.7 Å². The summed E-state index contributed by atoms with van der Waals surface area (Å²) < 4.78 is 10.5. The third-order valence-electron chi connectivity index (χ3n) is 3.50. The minimum Gasteiger partial charge on any atom is -0.481 e. The number of carbonyl (C=O) groups excluding carboxylic acids is 2. The molecule has 0 N–H and O–H groups in total. The average Bonchev–Trinajstić information content (AvgIpc) is 2.54. The van der Waals surface area contributed by atoms with Gasteiger partial charge in [0.1, 0.15) is 11.7 Å². The third-order valence-corrected chi connectivity index (χ3v) is 4.62. The van der Waals surface area contributed by atoms with E-state index in [4.69, 9.17) is 9.47 Å². The van der Waals surface area contributed by atoms with E-state index < -0.39 is 18.0 Å². The van der Waals surface area contributed by atoms with Crippen LogP contribution in [0.15, 0.2) is 29.2 Å². The Morgan fingerprint density at radius 3 is 2.90 bits per heavy atom. The molecule has 1 aromatic rings. The van der Waals surface area contributed by atoms with Gasteiger partial charge >= 0.3 is 5.97 Å². The molecule has 0 saturated heterocycles. The lowest BCUT2D eigenvalue weighted by Gasteiger charge is -2.26. The van der Waals surface area contributed by atoms with Crippen molar-refractivity contribution in [3.8, 4) is 5.75 Å². The first-order chi connectivity index (χ1) is 10.2. The minimum atomic E-state index is -0.717. The molecule has 0 aromatic heterocycles. The molecule has 21 heavy (non-hydrogen) atoms. The van der Waals surface area contributed by atoms with Gasteiger partial charge in [0.05, 0.1) is 7.11 Å². The molecule has 1 aromatic carbocycles. The standard InChI is InChI=1S/C16H20O4S/c1-3-4-7-11(16(18)19-2)15(17)13-10-21-14-9-6-5-8-12(14)20-13/h5-6,8-9,11,13H,3-4,7,10H2,1-2H3. The van der Waals surface area contributed by atoms with Crippen LogP contribution in [0.25, 0.3) is 0 Å². The number of para-hydroxylation sites is 1. The number of benzene rings is 1. The zero-order chi connectivity index (χ0) is 15.2.